The maximum atomic E-state index is 11.4. The molecule has 0 amide bonds. The third-order valence-electron chi connectivity index (χ3n) is 2.48. The van der Waals surface area contributed by atoms with E-state index in [4.69, 9.17) is 7.48 Å². The van der Waals surface area contributed by atoms with Gasteiger partial charge in [-0.05, 0) is 11.6 Å². The molecular formula is C14H12N2O5. The normalized spacial score (nSPS) is 12.0. The molecule has 1 aromatic heterocycles. The van der Waals surface area contributed by atoms with Crippen LogP contribution in [0.15, 0.2) is 42.7 Å². The molecule has 0 atom stereocenters. The standard InChI is InChI=1S/C14H12N2O5/c1-20-14(17)11-6-13(8-15-7-11)21-9-10-3-2-4-12(5-10)16(18)19/h2-8H,9H2,1H3/i9D2. The van der Waals surface area contributed by atoms with Crippen molar-refractivity contribution in [3.05, 3.63) is 64.0 Å². The van der Waals surface area contributed by atoms with E-state index >= 15 is 0 Å². The fraction of sp³-hybridized carbons (Fsp3) is 0.143. The number of ether oxygens (including phenoxy) is 2. The molecule has 0 aliphatic heterocycles. The summed E-state index contributed by atoms with van der Waals surface area (Å²) in [5.74, 6) is -0.650. The summed E-state index contributed by atoms with van der Waals surface area (Å²) in [6, 6.07) is 6.33. The minimum Gasteiger partial charge on any atom is -0.487 e. The average molecular weight is 290 g/mol. The van der Waals surface area contributed by atoms with Gasteiger partial charge in [-0.1, -0.05) is 12.1 Å². The van der Waals surface area contributed by atoms with Gasteiger partial charge in [-0.15, -0.1) is 0 Å². The van der Waals surface area contributed by atoms with Gasteiger partial charge >= 0.3 is 5.97 Å². The van der Waals surface area contributed by atoms with Crippen molar-refractivity contribution >= 4 is 11.7 Å². The van der Waals surface area contributed by atoms with Crippen molar-refractivity contribution in [2.24, 2.45) is 0 Å². The van der Waals surface area contributed by atoms with E-state index in [0.29, 0.717) is 0 Å². The fourth-order valence-corrected chi connectivity index (χ4v) is 1.50. The number of non-ortho nitro benzene ring substituents is 1. The molecule has 0 radical (unpaired) electrons. The monoisotopic (exact) mass is 290 g/mol. The van der Waals surface area contributed by atoms with Crippen molar-refractivity contribution in [2.45, 2.75) is 6.56 Å². The lowest BCUT2D eigenvalue weighted by Crippen LogP contribution is -2.03. The molecule has 1 heterocycles. The average Bonchev–Trinajstić information content (AvgIpc) is 2.54. The molecule has 2 rings (SSSR count). The Bertz CT molecular complexity index is 751. The Kier molecular flexibility index (Phi) is 3.64. The number of nitro groups is 1. The largest absolute Gasteiger partial charge is 0.487 e. The lowest BCUT2D eigenvalue weighted by Gasteiger charge is -2.07. The van der Waals surface area contributed by atoms with Crippen LogP contribution in [0.2, 0.25) is 0 Å². The van der Waals surface area contributed by atoms with Gasteiger partial charge in [-0.2, -0.15) is 0 Å². The first kappa shape index (κ1) is 11.8. The molecule has 0 spiro atoms. The number of nitro benzene ring substituents is 1. The van der Waals surface area contributed by atoms with Gasteiger partial charge in [0.1, 0.15) is 12.3 Å². The van der Waals surface area contributed by atoms with Crippen molar-refractivity contribution < 1.29 is 21.9 Å². The third-order valence-corrected chi connectivity index (χ3v) is 2.48. The topological polar surface area (TPSA) is 91.6 Å². The Morgan fingerprint density at radius 1 is 1.43 bits per heavy atom. The van der Waals surface area contributed by atoms with E-state index in [1.54, 1.807) is 0 Å². The summed E-state index contributed by atoms with van der Waals surface area (Å²) in [4.78, 5) is 25.4. The van der Waals surface area contributed by atoms with E-state index < -0.39 is 17.5 Å². The number of pyridine rings is 1. The molecule has 0 aliphatic carbocycles. The second-order valence-corrected chi connectivity index (χ2v) is 3.91. The first-order valence-corrected chi connectivity index (χ1v) is 5.81. The summed E-state index contributed by atoms with van der Waals surface area (Å²) in [6.45, 7) is -2.34. The molecule has 0 bridgehead atoms. The number of carbonyl (C=O) groups is 1. The lowest BCUT2D eigenvalue weighted by molar-refractivity contribution is -0.384. The van der Waals surface area contributed by atoms with Crippen LogP contribution in [0.3, 0.4) is 0 Å². The van der Waals surface area contributed by atoms with Gasteiger partial charge in [0.05, 0.1) is 26.5 Å². The second-order valence-electron chi connectivity index (χ2n) is 3.91. The van der Waals surface area contributed by atoms with Crippen LogP contribution in [0.25, 0.3) is 0 Å². The van der Waals surface area contributed by atoms with Crippen LogP contribution >= 0.6 is 0 Å². The smallest absolute Gasteiger partial charge is 0.339 e. The highest BCUT2D eigenvalue weighted by molar-refractivity contribution is 5.89. The summed E-state index contributed by atoms with van der Waals surface area (Å²) in [6.07, 6.45) is 2.48. The summed E-state index contributed by atoms with van der Waals surface area (Å²) in [5, 5.41) is 10.8. The first-order chi connectivity index (χ1) is 10.8. The highest BCUT2D eigenvalue weighted by Gasteiger charge is 2.09. The van der Waals surface area contributed by atoms with Crippen LogP contribution in [0, 0.1) is 10.1 Å². The highest BCUT2D eigenvalue weighted by atomic mass is 16.6. The number of rotatable bonds is 5. The fourth-order valence-electron chi connectivity index (χ4n) is 1.50. The summed E-state index contributed by atoms with van der Waals surface area (Å²) in [7, 11) is 1.21. The van der Waals surface area contributed by atoms with E-state index in [0.717, 1.165) is 6.07 Å². The van der Waals surface area contributed by atoms with Gasteiger partial charge < -0.3 is 9.47 Å². The van der Waals surface area contributed by atoms with Crippen LogP contribution in [0.4, 0.5) is 5.69 Å². The molecule has 2 aromatic rings. The molecule has 1 aromatic carbocycles. The maximum Gasteiger partial charge on any atom is 0.339 e. The second kappa shape index (κ2) is 6.47. The number of methoxy groups -OCH3 is 1. The molecule has 7 nitrogen and oxygen atoms in total. The van der Waals surface area contributed by atoms with Crippen molar-refractivity contribution in [2.75, 3.05) is 7.11 Å². The Balaban J connectivity index is 2.29. The number of hydrogen-bond donors (Lipinski definition) is 0. The number of aromatic nitrogens is 1. The minimum atomic E-state index is -2.34. The van der Waals surface area contributed by atoms with Crippen LogP contribution < -0.4 is 4.74 Å². The van der Waals surface area contributed by atoms with Gasteiger partial charge in [-0.3, -0.25) is 15.1 Å². The van der Waals surface area contributed by atoms with E-state index in [1.165, 1.54) is 43.8 Å². The quantitative estimate of drug-likeness (QED) is 0.477. The van der Waals surface area contributed by atoms with Crippen molar-refractivity contribution in [3.63, 3.8) is 0 Å². The lowest BCUT2D eigenvalue weighted by atomic mass is 10.2. The zero-order valence-corrected chi connectivity index (χ0v) is 11.0. The predicted octanol–water partition coefficient (Wildman–Crippen LogP) is 2.36. The molecular weight excluding hydrogens is 276 g/mol. The molecule has 0 saturated carbocycles. The molecule has 0 N–H and O–H groups in total. The number of hydrogen-bond acceptors (Lipinski definition) is 6. The Labute approximate surface area is 123 Å². The van der Waals surface area contributed by atoms with E-state index in [1.807, 2.05) is 0 Å². The highest BCUT2D eigenvalue weighted by Crippen LogP contribution is 2.17. The van der Waals surface area contributed by atoms with Crippen molar-refractivity contribution in [1.29, 1.82) is 0 Å². The zero-order valence-electron chi connectivity index (χ0n) is 13.0. The SMILES string of the molecule is [2H]C([2H])(Oc1cncc(C(=O)OC)c1)c1cccc([N+](=O)[O-])c1. The zero-order chi connectivity index (χ0) is 17.0. The van der Waals surface area contributed by atoms with Crippen LogP contribution in [-0.2, 0) is 11.3 Å². The van der Waals surface area contributed by atoms with E-state index in [-0.39, 0.29) is 22.6 Å². The van der Waals surface area contributed by atoms with E-state index in [9.17, 15) is 14.9 Å². The molecule has 0 unspecified atom stereocenters. The molecule has 0 fully saturated rings. The number of benzene rings is 1. The maximum absolute atomic E-state index is 11.4. The first-order valence-electron chi connectivity index (χ1n) is 6.81. The van der Waals surface area contributed by atoms with Gasteiger partial charge in [-0.25, -0.2) is 4.79 Å². The molecule has 108 valence electrons. The Hall–Kier alpha value is -2.96. The predicted molar refractivity (Wildman–Crippen MR) is 73.0 cm³/mol. The molecule has 0 aliphatic rings. The van der Waals surface area contributed by atoms with Crippen molar-refractivity contribution in [3.8, 4) is 5.75 Å². The van der Waals surface area contributed by atoms with Gasteiger partial charge in [0, 0.05) is 18.3 Å². The number of carbonyl (C=O) groups excluding carboxylic acids is 1. The minimum absolute atomic E-state index is 0.00981. The summed E-state index contributed by atoms with van der Waals surface area (Å²) < 4.78 is 25.6. The Morgan fingerprint density at radius 3 is 2.95 bits per heavy atom. The van der Waals surface area contributed by atoms with Crippen LogP contribution in [-0.4, -0.2) is 23.0 Å². The van der Waals surface area contributed by atoms with Gasteiger partial charge in [0.2, 0.25) is 0 Å². The van der Waals surface area contributed by atoms with Crippen LogP contribution in [0.1, 0.15) is 18.7 Å². The molecule has 0 saturated heterocycles. The third kappa shape index (κ3) is 3.75. The number of esters is 1. The van der Waals surface area contributed by atoms with Gasteiger partial charge in [0.15, 0.2) is 0 Å². The summed E-state index contributed by atoms with van der Waals surface area (Å²) in [5.41, 5.74) is -0.188. The Morgan fingerprint density at radius 2 is 2.24 bits per heavy atom. The molecule has 7 heteroatoms. The molecule has 21 heavy (non-hydrogen) atoms. The van der Waals surface area contributed by atoms with E-state index in [2.05, 4.69) is 9.72 Å². The van der Waals surface area contributed by atoms with Crippen LogP contribution in [0.5, 0.6) is 5.75 Å². The summed E-state index contributed by atoms with van der Waals surface area (Å²) >= 11 is 0. The van der Waals surface area contributed by atoms with Gasteiger partial charge in [0.25, 0.3) is 5.69 Å². The number of nitrogens with zero attached hydrogens (tertiary/aromatic N) is 2. The van der Waals surface area contributed by atoms with Crippen molar-refractivity contribution in [1.82, 2.24) is 4.98 Å².